The van der Waals surface area contributed by atoms with Gasteiger partial charge in [0.25, 0.3) is 0 Å². The van der Waals surface area contributed by atoms with Crippen LogP contribution in [0.25, 0.3) is 0 Å². The van der Waals surface area contributed by atoms with Crippen molar-refractivity contribution in [2.75, 3.05) is 33.0 Å². The Labute approximate surface area is 351 Å². The number of hydrogen-bond donors (Lipinski definition) is 17. The minimum atomic E-state index is -2.16. The summed E-state index contributed by atoms with van der Waals surface area (Å²) in [5.41, 5.74) is 0. The van der Waals surface area contributed by atoms with Gasteiger partial charge in [-0.15, -0.1) is 0 Å². The molecular weight excluding hydrogens is 852 g/mol. The number of rotatable bonds is 15. The Balaban J connectivity index is 1.35. The van der Waals surface area contributed by atoms with Crippen LogP contribution >= 0.6 is 0 Å². The largest absolute Gasteiger partial charge is 0.394 e. The highest BCUT2D eigenvalue weighted by molar-refractivity contribution is 5.73. The van der Waals surface area contributed by atoms with E-state index in [4.69, 9.17) is 42.6 Å². The molecule has 5 aliphatic rings. The number of amides is 2. The summed E-state index contributed by atoms with van der Waals surface area (Å²) in [6.07, 6.45) is -42.4. The first-order valence-corrected chi connectivity index (χ1v) is 19.6. The number of aliphatic hydroxyl groups excluding tert-OH is 15. The highest BCUT2D eigenvalue weighted by atomic mass is 16.8. The zero-order valence-electron chi connectivity index (χ0n) is 33.2. The molecule has 17 N–H and O–H groups in total. The first-order chi connectivity index (χ1) is 29.3. The second kappa shape index (κ2) is 22.0. The topological polar surface area (TPSA) is 445 Å². The third-order valence-corrected chi connectivity index (χ3v) is 11.1. The lowest BCUT2D eigenvalue weighted by Crippen LogP contribution is -2.70. The molecule has 0 unspecified atom stereocenters. The van der Waals surface area contributed by atoms with E-state index < -0.39 is 198 Å². The Morgan fingerprint density at radius 1 is 0.387 bits per heavy atom. The number of hydrogen-bond acceptors (Lipinski definition) is 26. The van der Waals surface area contributed by atoms with Gasteiger partial charge in [-0.1, -0.05) is 0 Å². The van der Waals surface area contributed by atoms with Crippen LogP contribution in [0.3, 0.4) is 0 Å². The first-order valence-electron chi connectivity index (χ1n) is 19.6. The smallest absolute Gasteiger partial charge is 0.217 e. The molecule has 0 aromatic rings. The van der Waals surface area contributed by atoms with Crippen LogP contribution in [0.15, 0.2) is 0 Å². The molecule has 0 bridgehead atoms. The highest BCUT2D eigenvalue weighted by Gasteiger charge is 2.57. The summed E-state index contributed by atoms with van der Waals surface area (Å²) in [5.74, 6) is -1.47. The molecule has 0 spiro atoms. The Bertz CT molecular complexity index is 1440. The first kappa shape index (κ1) is 51.0. The summed E-state index contributed by atoms with van der Waals surface area (Å²) >= 11 is 0. The maximum Gasteiger partial charge on any atom is 0.217 e. The minimum absolute atomic E-state index is 0.685. The van der Waals surface area contributed by atoms with Crippen LogP contribution in [0.4, 0.5) is 0 Å². The minimum Gasteiger partial charge on any atom is -0.394 e. The van der Waals surface area contributed by atoms with Crippen molar-refractivity contribution < 1.29 is 129 Å². The van der Waals surface area contributed by atoms with Crippen molar-refractivity contribution in [2.24, 2.45) is 0 Å². The van der Waals surface area contributed by atoms with Gasteiger partial charge in [-0.25, -0.2) is 0 Å². The average molecular weight is 911 g/mol. The molecule has 0 saturated carbocycles. The van der Waals surface area contributed by atoms with Gasteiger partial charge in [0.2, 0.25) is 11.8 Å². The van der Waals surface area contributed by atoms with Crippen LogP contribution in [0.5, 0.6) is 0 Å². The molecule has 5 fully saturated rings. The Hall–Kier alpha value is -2.02. The van der Waals surface area contributed by atoms with Gasteiger partial charge in [0.1, 0.15) is 122 Å². The standard InChI is InChI=1S/C34H58N2O26/c1-8(42)35-15-20(47)26(13(6-40)54-30(15)53)59-31-16(36-9(2)43)21(48)27(14(7-41)58-31)60-33-24(51)29(19(46)11(4-38)56-33)62-34-25(52)28(18(45)12(5-39)57-34)61-32-23(50)22(49)17(44)10(3-37)55-32/h10-34,37-41,44-53H,3-7H2,1-2H3,(H,35,42)(H,36,43)/t10-,11-,12-,13-,14-,15-,16-,17-,18-,19-,20-,21-,22+,23+,24+,25+,26-,27-,28+,29+,30-,31-,32-,33+,34+/m1/s1. The summed E-state index contributed by atoms with van der Waals surface area (Å²) < 4.78 is 50.6. The van der Waals surface area contributed by atoms with Gasteiger partial charge >= 0.3 is 0 Å². The summed E-state index contributed by atoms with van der Waals surface area (Å²) in [4.78, 5) is 24.1. The molecule has 0 radical (unpaired) electrons. The van der Waals surface area contributed by atoms with Crippen molar-refractivity contribution in [3.8, 4) is 0 Å². The average Bonchev–Trinajstić information content (AvgIpc) is 3.23. The quantitative estimate of drug-likeness (QED) is 0.0725. The molecule has 5 rings (SSSR count). The number of nitrogens with one attached hydrogen (secondary N) is 2. The number of carbonyl (C=O) groups is 2. The van der Waals surface area contributed by atoms with Gasteiger partial charge in [-0.05, 0) is 0 Å². The van der Waals surface area contributed by atoms with E-state index >= 15 is 0 Å². The van der Waals surface area contributed by atoms with E-state index in [0.29, 0.717) is 0 Å². The number of ether oxygens (including phenoxy) is 9. The summed E-state index contributed by atoms with van der Waals surface area (Å²) in [7, 11) is 0. The van der Waals surface area contributed by atoms with Crippen LogP contribution in [-0.4, -0.2) is 275 Å². The van der Waals surface area contributed by atoms with Gasteiger partial charge < -0.3 is 130 Å². The predicted octanol–water partition coefficient (Wildman–Crippen LogP) is -11.6. The molecular formula is C34H58N2O26. The highest BCUT2D eigenvalue weighted by Crippen LogP contribution is 2.35. The molecule has 0 aliphatic carbocycles. The van der Waals surface area contributed by atoms with Gasteiger partial charge in [-0.2, -0.15) is 0 Å². The van der Waals surface area contributed by atoms with E-state index in [9.17, 15) is 86.2 Å². The van der Waals surface area contributed by atoms with E-state index in [1.54, 1.807) is 0 Å². The van der Waals surface area contributed by atoms with Crippen molar-refractivity contribution in [2.45, 2.75) is 167 Å². The molecule has 5 aliphatic heterocycles. The van der Waals surface area contributed by atoms with Crippen LogP contribution in [0, 0.1) is 0 Å². The molecule has 62 heavy (non-hydrogen) atoms. The fourth-order valence-corrected chi connectivity index (χ4v) is 7.83. The van der Waals surface area contributed by atoms with Crippen LogP contribution in [-0.2, 0) is 52.2 Å². The zero-order valence-corrected chi connectivity index (χ0v) is 33.2. The van der Waals surface area contributed by atoms with Crippen LogP contribution < -0.4 is 10.6 Å². The molecule has 0 aromatic heterocycles. The van der Waals surface area contributed by atoms with Crippen molar-refractivity contribution in [1.29, 1.82) is 0 Å². The maximum absolute atomic E-state index is 12.4. The lowest BCUT2D eigenvalue weighted by Gasteiger charge is -2.50. The van der Waals surface area contributed by atoms with Crippen molar-refractivity contribution >= 4 is 11.8 Å². The Morgan fingerprint density at radius 3 is 1.16 bits per heavy atom. The number of aliphatic hydroxyl groups is 15. The third-order valence-electron chi connectivity index (χ3n) is 11.1. The summed E-state index contributed by atoms with van der Waals surface area (Å²) in [5, 5.41) is 163. The third kappa shape index (κ3) is 10.8. The van der Waals surface area contributed by atoms with Crippen molar-refractivity contribution in [1.82, 2.24) is 10.6 Å². The van der Waals surface area contributed by atoms with Gasteiger partial charge in [0.05, 0.1) is 33.0 Å². The molecule has 360 valence electrons. The molecule has 5 heterocycles. The fraction of sp³-hybridized carbons (Fsp3) is 0.941. The molecule has 28 nitrogen and oxygen atoms in total. The molecule has 25 atom stereocenters. The monoisotopic (exact) mass is 910 g/mol. The molecule has 5 saturated heterocycles. The van der Waals surface area contributed by atoms with Gasteiger partial charge in [0.15, 0.2) is 31.5 Å². The van der Waals surface area contributed by atoms with Crippen LogP contribution in [0.2, 0.25) is 0 Å². The maximum atomic E-state index is 12.4. The molecule has 2 amide bonds. The second-order valence-corrected chi connectivity index (χ2v) is 15.4. The lowest BCUT2D eigenvalue weighted by atomic mass is 9.94. The van der Waals surface area contributed by atoms with Crippen molar-refractivity contribution in [3.05, 3.63) is 0 Å². The molecule has 28 heteroatoms. The Morgan fingerprint density at radius 2 is 0.726 bits per heavy atom. The predicted molar refractivity (Wildman–Crippen MR) is 190 cm³/mol. The van der Waals surface area contributed by atoms with Gasteiger partial charge in [0, 0.05) is 13.8 Å². The summed E-state index contributed by atoms with van der Waals surface area (Å²) in [6.45, 7) is -2.49. The van der Waals surface area contributed by atoms with E-state index in [2.05, 4.69) is 10.6 Å². The summed E-state index contributed by atoms with van der Waals surface area (Å²) in [6, 6.07) is -3.15. The fourth-order valence-electron chi connectivity index (χ4n) is 7.83. The zero-order chi connectivity index (χ0) is 45.9. The normalized spacial score (nSPS) is 49.0. The van der Waals surface area contributed by atoms with Crippen molar-refractivity contribution in [3.63, 3.8) is 0 Å². The van der Waals surface area contributed by atoms with Crippen LogP contribution in [0.1, 0.15) is 13.8 Å². The van der Waals surface area contributed by atoms with E-state index in [1.165, 1.54) is 0 Å². The number of carbonyl (C=O) groups excluding carboxylic acids is 2. The molecule has 0 aromatic carbocycles. The second-order valence-electron chi connectivity index (χ2n) is 15.4. The SMILES string of the molecule is CC(=O)N[C@@H]1[C@@H](O)[C@H](O[C@H]2O[C@H](CO)[C@@H](O[C@@H]3O[C@H](CO)[C@@H](O)[C@H](O[C@@H]4O[C@H](CO)[C@@H](O)[C@H](O[C@H]5O[C@H](CO)[C@@H](O)[C@H](O)[C@@H]5O)[C@@H]4O)[C@@H]3O)[C@H](O)[C@H]2NC(C)=O)[C@@H](CO)O[C@H]1O. The van der Waals surface area contributed by atoms with E-state index in [-0.39, 0.29) is 0 Å². The Kier molecular flexibility index (Phi) is 18.1. The lowest BCUT2D eigenvalue weighted by molar-refractivity contribution is -0.389. The van der Waals surface area contributed by atoms with E-state index in [1.807, 2.05) is 0 Å². The van der Waals surface area contributed by atoms with E-state index in [0.717, 1.165) is 13.8 Å². The van der Waals surface area contributed by atoms with Gasteiger partial charge in [-0.3, -0.25) is 9.59 Å².